The summed E-state index contributed by atoms with van der Waals surface area (Å²) >= 11 is 0. The average molecular weight is 265 g/mol. The Kier molecular flexibility index (Phi) is 4.80. The van der Waals surface area contributed by atoms with Crippen molar-refractivity contribution in [1.29, 1.82) is 5.26 Å². The molecule has 0 unspecified atom stereocenters. The summed E-state index contributed by atoms with van der Waals surface area (Å²) < 4.78 is 10.7. The van der Waals surface area contributed by atoms with Gasteiger partial charge in [0.15, 0.2) is 0 Å². The first-order valence-electron chi connectivity index (χ1n) is 6.25. The molecule has 0 heterocycles. The van der Waals surface area contributed by atoms with Crippen LogP contribution in [-0.2, 0) is 0 Å². The molecular weight excluding hydrogens is 250 g/mol. The van der Waals surface area contributed by atoms with E-state index in [1.165, 1.54) is 0 Å². The van der Waals surface area contributed by atoms with E-state index in [-0.39, 0.29) is 0 Å². The number of nitrogens with zero attached hydrogens (tertiary/aromatic N) is 1. The van der Waals surface area contributed by atoms with Crippen molar-refractivity contribution in [3.8, 4) is 17.6 Å². The summed E-state index contributed by atoms with van der Waals surface area (Å²) in [4.78, 5) is 0. The molecule has 0 spiro atoms. The van der Waals surface area contributed by atoms with Gasteiger partial charge in [0, 0.05) is 6.07 Å². The molecule has 0 amide bonds. The van der Waals surface area contributed by atoms with Crippen molar-refractivity contribution in [3.63, 3.8) is 0 Å². The van der Waals surface area contributed by atoms with Crippen LogP contribution in [-0.4, -0.2) is 13.7 Å². The van der Waals surface area contributed by atoms with E-state index in [1.807, 2.05) is 42.5 Å². The van der Waals surface area contributed by atoms with Gasteiger partial charge in [-0.05, 0) is 23.8 Å². The highest BCUT2D eigenvalue weighted by molar-refractivity contribution is 5.49. The predicted octanol–water partition coefficient (Wildman–Crippen LogP) is 3.66. The highest BCUT2D eigenvalue weighted by Gasteiger charge is 2.01. The third-order valence-electron chi connectivity index (χ3n) is 2.70. The second-order valence-corrected chi connectivity index (χ2v) is 4.13. The fourth-order valence-corrected chi connectivity index (χ4v) is 1.73. The normalized spacial score (nSPS) is 10.2. The maximum atomic E-state index is 8.93. The van der Waals surface area contributed by atoms with E-state index in [0.29, 0.717) is 23.7 Å². The summed E-state index contributed by atoms with van der Waals surface area (Å²) in [5.41, 5.74) is 1.64. The Hall–Kier alpha value is -2.73. The Balaban J connectivity index is 1.97. The van der Waals surface area contributed by atoms with Gasteiger partial charge in [-0.2, -0.15) is 5.26 Å². The van der Waals surface area contributed by atoms with Crippen LogP contribution in [0.15, 0.2) is 54.6 Å². The van der Waals surface area contributed by atoms with Crippen molar-refractivity contribution in [3.05, 3.63) is 65.7 Å². The number of ether oxygens (including phenoxy) is 2. The molecule has 0 saturated heterocycles. The molecule has 2 rings (SSSR count). The molecule has 100 valence electrons. The van der Waals surface area contributed by atoms with E-state index >= 15 is 0 Å². The van der Waals surface area contributed by atoms with Crippen molar-refractivity contribution >= 4 is 6.08 Å². The fourth-order valence-electron chi connectivity index (χ4n) is 1.73. The van der Waals surface area contributed by atoms with Crippen LogP contribution in [0.2, 0.25) is 0 Å². The maximum absolute atomic E-state index is 8.93. The summed E-state index contributed by atoms with van der Waals surface area (Å²) in [7, 11) is 1.57. The molecule has 3 heteroatoms. The van der Waals surface area contributed by atoms with Gasteiger partial charge in [-0.1, -0.05) is 36.4 Å². The molecular formula is C17H15NO2. The van der Waals surface area contributed by atoms with Gasteiger partial charge in [0.2, 0.25) is 0 Å². The fraction of sp³-hybridized carbons (Fsp3) is 0.118. The van der Waals surface area contributed by atoms with Crippen molar-refractivity contribution < 1.29 is 9.47 Å². The largest absolute Gasteiger partial charge is 0.497 e. The minimum absolute atomic E-state index is 0.437. The molecule has 0 fully saturated rings. The van der Waals surface area contributed by atoms with E-state index < -0.39 is 0 Å². The molecule has 0 aliphatic rings. The van der Waals surface area contributed by atoms with E-state index in [9.17, 15) is 0 Å². The van der Waals surface area contributed by atoms with Crippen LogP contribution >= 0.6 is 0 Å². The van der Waals surface area contributed by atoms with Gasteiger partial charge in [0.05, 0.1) is 18.7 Å². The highest BCUT2D eigenvalue weighted by Crippen LogP contribution is 2.22. The Morgan fingerprint density at radius 1 is 1.10 bits per heavy atom. The number of rotatable bonds is 5. The quantitative estimate of drug-likeness (QED) is 0.828. The summed E-state index contributed by atoms with van der Waals surface area (Å²) in [6, 6.07) is 17.2. The second-order valence-electron chi connectivity index (χ2n) is 4.13. The maximum Gasteiger partial charge on any atom is 0.124 e. The van der Waals surface area contributed by atoms with Gasteiger partial charge < -0.3 is 9.47 Å². The van der Waals surface area contributed by atoms with E-state index in [0.717, 1.165) is 5.56 Å². The molecule has 0 atom stereocenters. The Morgan fingerprint density at radius 3 is 2.55 bits per heavy atom. The third-order valence-corrected chi connectivity index (χ3v) is 2.70. The third kappa shape index (κ3) is 3.89. The lowest BCUT2D eigenvalue weighted by atomic mass is 10.2. The zero-order chi connectivity index (χ0) is 14.2. The molecule has 0 aliphatic carbocycles. The standard InChI is InChI=1S/C17H15NO2/c1-19-16-10-15(13-18)11-17(12-16)20-9-5-8-14-6-3-2-4-7-14/h2-8,10-12H,9H2,1H3/b8-5+. The van der Waals surface area contributed by atoms with Crippen LogP contribution in [0.4, 0.5) is 0 Å². The van der Waals surface area contributed by atoms with Crippen LogP contribution in [0.25, 0.3) is 6.08 Å². The SMILES string of the molecule is COc1cc(C#N)cc(OC/C=C/c2ccccc2)c1. The number of nitriles is 1. The first-order chi connectivity index (χ1) is 9.81. The smallest absolute Gasteiger partial charge is 0.124 e. The molecule has 0 bridgehead atoms. The van der Waals surface area contributed by atoms with Gasteiger partial charge in [-0.25, -0.2) is 0 Å². The Labute approximate surface area is 118 Å². The molecule has 0 N–H and O–H groups in total. The predicted molar refractivity (Wildman–Crippen MR) is 78.7 cm³/mol. The monoisotopic (exact) mass is 265 g/mol. The Morgan fingerprint density at radius 2 is 1.85 bits per heavy atom. The minimum Gasteiger partial charge on any atom is -0.497 e. The molecule has 0 saturated carbocycles. The number of benzene rings is 2. The summed E-state index contributed by atoms with van der Waals surface area (Å²) in [6.45, 7) is 0.437. The average Bonchev–Trinajstić information content (AvgIpc) is 2.52. The molecule has 2 aromatic carbocycles. The number of hydrogen-bond acceptors (Lipinski definition) is 3. The van der Waals surface area contributed by atoms with Crippen molar-refractivity contribution in [2.24, 2.45) is 0 Å². The number of methoxy groups -OCH3 is 1. The van der Waals surface area contributed by atoms with E-state index in [4.69, 9.17) is 14.7 Å². The lowest BCUT2D eigenvalue weighted by molar-refractivity contribution is 0.357. The van der Waals surface area contributed by atoms with Gasteiger partial charge >= 0.3 is 0 Å². The second kappa shape index (κ2) is 7.01. The number of hydrogen-bond donors (Lipinski definition) is 0. The van der Waals surface area contributed by atoms with Crippen LogP contribution in [0.1, 0.15) is 11.1 Å². The van der Waals surface area contributed by atoms with Crippen molar-refractivity contribution in [2.75, 3.05) is 13.7 Å². The van der Waals surface area contributed by atoms with Gasteiger partial charge in [0.25, 0.3) is 0 Å². The van der Waals surface area contributed by atoms with Crippen molar-refractivity contribution in [2.45, 2.75) is 0 Å². The van der Waals surface area contributed by atoms with Crippen LogP contribution in [0, 0.1) is 11.3 Å². The van der Waals surface area contributed by atoms with Gasteiger partial charge in [-0.15, -0.1) is 0 Å². The molecule has 0 aromatic heterocycles. The topological polar surface area (TPSA) is 42.2 Å². The van der Waals surface area contributed by atoms with E-state index in [1.54, 1.807) is 25.3 Å². The summed E-state index contributed by atoms with van der Waals surface area (Å²) in [5, 5.41) is 8.93. The Bertz CT molecular complexity index is 627. The molecule has 0 aliphatic heterocycles. The van der Waals surface area contributed by atoms with Crippen LogP contribution < -0.4 is 9.47 Å². The summed E-state index contributed by atoms with van der Waals surface area (Å²) in [5.74, 6) is 1.24. The lowest BCUT2D eigenvalue weighted by Crippen LogP contribution is -1.95. The van der Waals surface area contributed by atoms with Gasteiger partial charge in [-0.3, -0.25) is 0 Å². The first-order valence-corrected chi connectivity index (χ1v) is 6.25. The molecule has 0 radical (unpaired) electrons. The zero-order valence-electron chi connectivity index (χ0n) is 11.2. The van der Waals surface area contributed by atoms with E-state index in [2.05, 4.69) is 6.07 Å². The molecule has 2 aromatic rings. The zero-order valence-corrected chi connectivity index (χ0v) is 11.2. The van der Waals surface area contributed by atoms with Crippen molar-refractivity contribution in [1.82, 2.24) is 0 Å². The summed E-state index contributed by atoms with van der Waals surface area (Å²) in [6.07, 6.45) is 3.92. The highest BCUT2D eigenvalue weighted by atomic mass is 16.5. The molecule has 3 nitrogen and oxygen atoms in total. The molecule has 20 heavy (non-hydrogen) atoms. The van der Waals surface area contributed by atoms with Crippen LogP contribution in [0.3, 0.4) is 0 Å². The first kappa shape index (κ1) is 13.7. The minimum atomic E-state index is 0.437. The van der Waals surface area contributed by atoms with Gasteiger partial charge in [0.1, 0.15) is 18.1 Å². The lowest BCUT2D eigenvalue weighted by Gasteiger charge is -2.06. The van der Waals surface area contributed by atoms with Crippen LogP contribution in [0.5, 0.6) is 11.5 Å².